The van der Waals surface area contributed by atoms with Crippen molar-refractivity contribution >= 4 is 47.2 Å². The fraction of sp³-hybridized carbons (Fsp3) is 0.733. The first-order valence-electron chi connectivity index (χ1n) is 15.0. The first-order valence-corrected chi connectivity index (χ1v) is 15.0. The number of amides is 3. The smallest absolute Gasteiger partial charge is 0.333 e. The average molecular weight is 647 g/mol. The van der Waals surface area contributed by atoms with Gasteiger partial charge in [0.1, 0.15) is 5.78 Å². The van der Waals surface area contributed by atoms with Gasteiger partial charge in [-0.2, -0.15) is 0 Å². The van der Waals surface area contributed by atoms with Crippen molar-refractivity contribution in [1.82, 2.24) is 15.3 Å². The normalized spacial score (nSPS) is 13.0. The summed E-state index contributed by atoms with van der Waals surface area (Å²) in [4.78, 5) is 93.9. The number of hydroxylamine groups is 2. The molecule has 1 aliphatic rings. The number of Topliss-reactive ketones (excluding diaryl/α,β-unsaturated/α-hetero) is 2. The minimum absolute atomic E-state index is 0.0370. The van der Waals surface area contributed by atoms with Gasteiger partial charge in [0.15, 0.2) is 5.78 Å². The van der Waals surface area contributed by atoms with E-state index >= 15 is 0 Å². The second-order valence-corrected chi connectivity index (χ2v) is 9.82. The van der Waals surface area contributed by atoms with Gasteiger partial charge >= 0.3 is 17.9 Å². The molecule has 1 fully saturated rings. The quantitative estimate of drug-likeness (QED) is 0.192. The highest BCUT2D eigenvalue weighted by Gasteiger charge is 2.32. The van der Waals surface area contributed by atoms with E-state index in [1.807, 2.05) is 0 Å². The van der Waals surface area contributed by atoms with Crippen LogP contribution >= 0.6 is 0 Å². The summed E-state index contributed by atoms with van der Waals surface area (Å²) in [6.07, 6.45) is 1.30. The average Bonchev–Trinajstić information content (AvgIpc) is 3.30. The fourth-order valence-electron chi connectivity index (χ4n) is 2.87. The largest absolute Gasteiger partial charge is 0.469 e. The highest BCUT2D eigenvalue weighted by molar-refractivity contribution is 6.01. The van der Waals surface area contributed by atoms with Gasteiger partial charge in [-0.3, -0.25) is 33.6 Å². The van der Waals surface area contributed by atoms with Gasteiger partial charge < -0.3 is 30.3 Å². The highest BCUT2D eigenvalue weighted by atomic mass is 16.7. The molecule has 3 amide bonds. The molecule has 0 aliphatic carbocycles. The predicted octanol–water partition coefficient (Wildman–Crippen LogP) is 1.63. The maximum absolute atomic E-state index is 11.2. The molecule has 3 N–H and O–H groups in total. The molecule has 1 heterocycles. The number of nitrogens with zero attached hydrogens (tertiary/aromatic N) is 2. The summed E-state index contributed by atoms with van der Waals surface area (Å²) in [7, 11) is 2.56. The first-order chi connectivity index (χ1) is 21.0. The maximum Gasteiger partial charge on any atom is 0.333 e. The summed E-state index contributed by atoms with van der Waals surface area (Å²) in [6, 6.07) is -0.749. The van der Waals surface area contributed by atoms with Crippen molar-refractivity contribution in [2.75, 3.05) is 33.9 Å². The molecule has 1 rings (SSSR count). The molecule has 0 aromatic carbocycles. The summed E-state index contributed by atoms with van der Waals surface area (Å²) >= 11 is 0. The Hall–Kier alpha value is -3.72. The van der Waals surface area contributed by atoms with E-state index in [1.54, 1.807) is 13.8 Å². The predicted molar refractivity (Wildman–Crippen MR) is 165 cm³/mol. The van der Waals surface area contributed by atoms with Crippen LogP contribution < -0.4 is 11.1 Å². The lowest BCUT2D eigenvalue weighted by Gasteiger charge is -2.13. The molecule has 0 saturated carbocycles. The second-order valence-electron chi connectivity index (χ2n) is 9.82. The molecule has 2 unspecified atom stereocenters. The zero-order chi connectivity index (χ0) is 35.5. The SMILES string of the molecule is CC(=O)C(C)N.CCN(CC)CC.COC(=O)CCCC(=O)NC(C)C(C)=O.COC(=O)CCCC(=O)ON1C(=O)CCC1=O. The van der Waals surface area contributed by atoms with Gasteiger partial charge in [-0.15, -0.1) is 5.06 Å². The van der Waals surface area contributed by atoms with Gasteiger partial charge in [-0.25, -0.2) is 4.79 Å². The third-order valence-electron chi connectivity index (χ3n) is 6.17. The summed E-state index contributed by atoms with van der Waals surface area (Å²) in [5.41, 5.74) is 5.09. The number of nitrogens with two attached hydrogens (primary N) is 1. The number of carbonyl (C=O) groups is 8. The van der Waals surface area contributed by atoms with E-state index < -0.39 is 29.8 Å². The summed E-state index contributed by atoms with van der Waals surface area (Å²) in [5, 5.41) is 3.02. The van der Waals surface area contributed by atoms with Gasteiger partial charge in [0, 0.05) is 38.5 Å². The number of esters is 2. The van der Waals surface area contributed by atoms with Crippen molar-refractivity contribution < 1.29 is 52.7 Å². The molecule has 15 nitrogen and oxygen atoms in total. The second kappa shape index (κ2) is 27.8. The van der Waals surface area contributed by atoms with E-state index in [-0.39, 0.29) is 74.4 Å². The molecule has 260 valence electrons. The van der Waals surface area contributed by atoms with Gasteiger partial charge in [-0.05, 0) is 60.2 Å². The zero-order valence-electron chi connectivity index (χ0n) is 28.4. The van der Waals surface area contributed by atoms with Crippen LogP contribution in [0.15, 0.2) is 0 Å². The molecular formula is C30H54N4O11. The fourth-order valence-corrected chi connectivity index (χ4v) is 2.87. The van der Waals surface area contributed by atoms with Crippen molar-refractivity contribution in [2.45, 2.75) is 112 Å². The lowest BCUT2D eigenvalue weighted by atomic mass is 10.2. The van der Waals surface area contributed by atoms with Gasteiger partial charge in [0.25, 0.3) is 11.8 Å². The Morgan fingerprint density at radius 2 is 1.13 bits per heavy atom. The van der Waals surface area contributed by atoms with Gasteiger partial charge in [0.05, 0.1) is 26.3 Å². The molecule has 0 bridgehead atoms. The molecule has 45 heavy (non-hydrogen) atoms. The number of imide groups is 1. The third kappa shape index (κ3) is 26.4. The van der Waals surface area contributed by atoms with Gasteiger partial charge in [0.2, 0.25) is 5.91 Å². The Morgan fingerprint density at radius 1 is 0.756 bits per heavy atom. The number of ketones is 2. The lowest BCUT2D eigenvalue weighted by Crippen LogP contribution is -2.37. The molecule has 0 spiro atoms. The van der Waals surface area contributed by atoms with Crippen LogP contribution in [0.1, 0.15) is 99.8 Å². The van der Waals surface area contributed by atoms with Gasteiger partial charge in [-0.1, -0.05) is 20.8 Å². The van der Waals surface area contributed by atoms with Crippen molar-refractivity contribution in [3.05, 3.63) is 0 Å². The lowest BCUT2D eigenvalue weighted by molar-refractivity contribution is -0.197. The van der Waals surface area contributed by atoms with Crippen LogP contribution in [0.4, 0.5) is 0 Å². The molecular weight excluding hydrogens is 592 g/mol. The number of rotatable bonds is 15. The molecule has 1 saturated heterocycles. The van der Waals surface area contributed by atoms with E-state index in [1.165, 1.54) is 47.7 Å². The monoisotopic (exact) mass is 646 g/mol. The number of methoxy groups -OCH3 is 2. The zero-order valence-corrected chi connectivity index (χ0v) is 28.4. The minimum atomic E-state index is -0.711. The number of nitrogens with one attached hydrogen (secondary N) is 1. The van der Waals surface area contributed by atoms with E-state index in [9.17, 15) is 38.4 Å². The number of carbonyl (C=O) groups excluding carboxylic acids is 8. The maximum atomic E-state index is 11.2. The van der Waals surface area contributed by atoms with E-state index in [0.29, 0.717) is 11.5 Å². The Bertz CT molecular complexity index is 929. The van der Waals surface area contributed by atoms with Crippen LogP contribution in [0.5, 0.6) is 0 Å². The Balaban J connectivity index is -0.000000571. The van der Waals surface area contributed by atoms with Crippen molar-refractivity contribution in [3.63, 3.8) is 0 Å². The summed E-state index contributed by atoms with van der Waals surface area (Å²) in [5.74, 6) is -2.77. The standard InChI is InChI=1S/C10H13NO6.C10H17NO4.C6H15N.C4H9NO/c1-16-9(14)3-2-4-10(15)17-11-7(12)5-6-8(11)13;1-7(8(2)12)11-9(13)5-4-6-10(14)15-3;1-4-7(5-2)6-3;1-3(5)4(2)6/h2-6H2,1H3;7H,4-6H2,1-3H3,(H,11,13);4-6H2,1-3H3;3H,5H2,1-2H3. The minimum Gasteiger partial charge on any atom is -0.469 e. The Kier molecular flexibility index (Phi) is 28.2. The topological polar surface area (TPSA) is 209 Å². The van der Waals surface area contributed by atoms with Crippen LogP contribution in [0.3, 0.4) is 0 Å². The highest BCUT2D eigenvalue weighted by Crippen LogP contribution is 2.13. The van der Waals surface area contributed by atoms with E-state index in [0.717, 1.165) is 0 Å². The van der Waals surface area contributed by atoms with Crippen LogP contribution in [-0.4, -0.2) is 103 Å². The van der Waals surface area contributed by atoms with Crippen molar-refractivity contribution in [3.8, 4) is 0 Å². The Labute approximate surface area is 266 Å². The number of ether oxygens (including phenoxy) is 2. The molecule has 2 atom stereocenters. The van der Waals surface area contributed by atoms with E-state index in [4.69, 9.17) is 5.73 Å². The molecule has 0 radical (unpaired) electrons. The van der Waals surface area contributed by atoms with Crippen LogP contribution in [0.2, 0.25) is 0 Å². The third-order valence-corrected chi connectivity index (χ3v) is 6.17. The van der Waals surface area contributed by atoms with Crippen LogP contribution in [0, 0.1) is 0 Å². The van der Waals surface area contributed by atoms with Crippen molar-refractivity contribution in [1.29, 1.82) is 0 Å². The molecule has 15 heteroatoms. The molecule has 1 aliphatic heterocycles. The number of hydrogen-bond donors (Lipinski definition) is 2. The van der Waals surface area contributed by atoms with Crippen LogP contribution in [-0.2, 0) is 52.7 Å². The summed E-state index contributed by atoms with van der Waals surface area (Å²) in [6.45, 7) is 16.3. The summed E-state index contributed by atoms with van der Waals surface area (Å²) < 4.78 is 8.82. The Morgan fingerprint density at radius 3 is 1.44 bits per heavy atom. The first kappa shape index (κ1) is 45.7. The van der Waals surface area contributed by atoms with Crippen molar-refractivity contribution in [2.24, 2.45) is 5.73 Å². The van der Waals surface area contributed by atoms with E-state index in [2.05, 4.69) is 45.3 Å². The molecule has 0 aromatic heterocycles. The molecule has 0 aromatic rings. The van der Waals surface area contributed by atoms with Crippen LogP contribution in [0.25, 0.3) is 0 Å². The number of hydrogen-bond acceptors (Lipinski definition) is 13.